The highest BCUT2D eigenvalue weighted by Crippen LogP contribution is 2.37. The Labute approximate surface area is 252 Å². The fraction of sp³-hybridized carbons (Fsp3) is 0.688. The van der Waals surface area contributed by atoms with Crippen LogP contribution in [0.3, 0.4) is 0 Å². The summed E-state index contributed by atoms with van der Waals surface area (Å²) in [5.41, 5.74) is 0. The summed E-state index contributed by atoms with van der Waals surface area (Å²) >= 11 is 0. The van der Waals surface area contributed by atoms with Gasteiger partial charge in [0.05, 0.1) is 13.2 Å². The van der Waals surface area contributed by atoms with Crippen LogP contribution in [0, 0.1) is 11.8 Å². The predicted octanol–water partition coefficient (Wildman–Crippen LogP) is 6.03. The lowest BCUT2D eigenvalue weighted by molar-refractivity contribution is -0.00139. The molecular formula is C32H52O9S. The van der Waals surface area contributed by atoms with E-state index in [1.165, 1.54) is 12.1 Å². The van der Waals surface area contributed by atoms with E-state index in [2.05, 4.69) is 27.7 Å². The van der Waals surface area contributed by atoms with Gasteiger partial charge in [0.2, 0.25) is 0 Å². The van der Waals surface area contributed by atoms with Gasteiger partial charge in [0.25, 0.3) is 10.1 Å². The normalized spacial score (nSPS) is 14.9. The molecule has 2 aromatic carbocycles. The van der Waals surface area contributed by atoms with Gasteiger partial charge in [-0.1, -0.05) is 78.4 Å². The monoisotopic (exact) mass is 612 g/mol. The highest BCUT2D eigenvalue weighted by atomic mass is 32.2. The second kappa shape index (κ2) is 19.4. The van der Waals surface area contributed by atoms with Crippen molar-refractivity contribution in [2.24, 2.45) is 11.8 Å². The minimum absolute atomic E-state index is 0.0197. The summed E-state index contributed by atoms with van der Waals surface area (Å²) in [6.07, 6.45) is 6.90. The molecule has 3 N–H and O–H groups in total. The third kappa shape index (κ3) is 12.3. The third-order valence-corrected chi connectivity index (χ3v) is 8.36. The van der Waals surface area contributed by atoms with Crippen LogP contribution in [0.15, 0.2) is 35.2 Å². The fourth-order valence-corrected chi connectivity index (χ4v) is 5.40. The Morgan fingerprint density at radius 1 is 0.690 bits per heavy atom. The molecule has 0 fully saturated rings. The van der Waals surface area contributed by atoms with Crippen molar-refractivity contribution in [3.8, 4) is 11.5 Å². The molecule has 0 aromatic heterocycles. The molecule has 42 heavy (non-hydrogen) atoms. The smallest absolute Gasteiger partial charge is 0.298 e. The van der Waals surface area contributed by atoms with Crippen molar-refractivity contribution in [3.05, 3.63) is 30.3 Å². The number of rotatable bonds is 23. The van der Waals surface area contributed by atoms with Crippen molar-refractivity contribution in [3.63, 3.8) is 0 Å². The third-order valence-electron chi connectivity index (χ3n) is 7.48. The van der Waals surface area contributed by atoms with Gasteiger partial charge in [-0.05, 0) is 42.9 Å². The van der Waals surface area contributed by atoms with Gasteiger partial charge in [-0.3, -0.25) is 4.55 Å². The van der Waals surface area contributed by atoms with Crippen LogP contribution in [0.1, 0.15) is 79.1 Å². The van der Waals surface area contributed by atoms with E-state index in [0.29, 0.717) is 41.6 Å². The van der Waals surface area contributed by atoms with Crippen LogP contribution in [-0.4, -0.2) is 75.0 Å². The van der Waals surface area contributed by atoms with Crippen LogP contribution in [0.2, 0.25) is 0 Å². The van der Waals surface area contributed by atoms with Gasteiger partial charge in [-0.25, -0.2) is 0 Å². The number of unbranched alkanes of at least 4 members (excludes halogenated alkanes) is 2. The zero-order chi connectivity index (χ0) is 31.0. The van der Waals surface area contributed by atoms with E-state index in [9.17, 15) is 23.2 Å². The Kier molecular flexibility index (Phi) is 16.7. The van der Waals surface area contributed by atoms with E-state index >= 15 is 0 Å². The molecule has 0 spiro atoms. The Bertz CT molecular complexity index is 1140. The zero-order valence-electron chi connectivity index (χ0n) is 25.8. The number of ether oxygens (including phenoxy) is 4. The van der Waals surface area contributed by atoms with Crippen molar-refractivity contribution >= 4 is 20.9 Å². The molecule has 2 aromatic rings. The highest BCUT2D eigenvalue weighted by Gasteiger charge is 2.22. The number of hydrogen-bond acceptors (Lipinski definition) is 8. The molecule has 0 aliphatic rings. The lowest BCUT2D eigenvalue weighted by Crippen LogP contribution is -2.25. The largest absolute Gasteiger partial charge is 0.490 e. The predicted molar refractivity (Wildman–Crippen MR) is 165 cm³/mol. The minimum atomic E-state index is -4.61. The van der Waals surface area contributed by atoms with Crippen LogP contribution in [0.5, 0.6) is 11.5 Å². The number of hydrogen-bond donors (Lipinski definition) is 3. The lowest BCUT2D eigenvalue weighted by Gasteiger charge is -2.19. The number of aliphatic hydroxyl groups excluding tert-OH is 2. The average Bonchev–Trinajstić information content (AvgIpc) is 2.97. The summed E-state index contributed by atoms with van der Waals surface area (Å²) in [7, 11) is -4.61. The van der Waals surface area contributed by atoms with E-state index in [4.69, 9.17) is 18.9 Å². The summed E-state index contributed by atoms with van der Waals surface area (Å²) in [4.78, 5) is -0.409. The molecule has 0 saturated heterocycles. The average molecular weight is 613 g/mol. The molecule has 240 valence electrons. The van der Waals surface area contributed by atoms with E-state index in [1.807, 2.05) is 0 Å². The van der Waals surface area contributed by atoms with Gasteiger partial charge in [0.1, 0.15) is 41.8 Å². The van der Waals surface area contributed by atoms with Gasteiger partial charge in [-0.15, -0.1) is 0 Å². The van der Waals surface area contributed by atoms with E-state index in [0.717, 1.165) is 51.4 Å². The topological polar surface area (TPSA) is 132 Å². The van der Waals surface area contributed by atoms with Crippen LogP contribution in [0.4, 0.5) is 0 Å². The molecule has 0 saturated carbocycles. The number of benzene rings is 2. The summed E-state index contributed by atoms with van der Waals surface area (Å²) in [5, 5.41) is 21.8. The van der Waals surface area contributed by atoms with E-state index < -0.39 is 27.2 Å². The first kappa shape index (κ1) is 36.2. The maximum absolute atomic E-state index is 12.1. The maximum Gasteiger partial charge on any atom is 0.298 e. The second-order valence-electron chi connectivity index (χ2n) is 11.1. The number of fused-ring (bicyclic) bond motifs is 1. The SMILES string of the molecule is CCCCC(CC)COCC(O)COc1cccc2c(OCC(O)COCC(CC)CCCC)c(S(=O)(=O)O)ccc12. The first-order valence-corrected chi connectivity index (χ1v) is 16.9. The summed E-state index contributed by atoms with van der Waals surface area (Å²) in [5.74, 6) is 1.21. The Balaban J connectivity index is 2.06. The van der Waals surface area contributed by atoms with Gasteiger partial charge in [-0.2, -0.15) is 8.42 Å². The lowest BCUT2D eigenvalue weighted by atomic mass is 10.0. The van der Waals surface area contributed by atoms with Gasteiger partial charge in [0.15, 0.2) is 0 Å². The first-order valence-electron chi connectivity index (χ1n) is 15.4. The summed E-state index contributed by atoms with van der Waals surface area (Å²) in [6.45, 7) is 9.63. The first-order chi connectivity index (χ1) is 20.1. The van der Waals surface area contributed by atoms with Crippen LogP contribution in [-0.2, 0) is 19.6 Å². The molecule has 0 aliphatic heterocycles. The molecule has 0 bridgehead atoms. The molecule has 9 nitrogen and oxygen atoms in total. The molecule has 0 heterocycles. The van der Waals surface area contributed by atoms with Crippen LogP contribution in [0.25, 0.3) is 10.8 Å². The fourth-order valence-electron chi connectivity index (χ4n) is 4.76. The molecule has 2 rings (SSSR count). The maximum atomic E-state index is 12.1. The van der Waals surface area contributed by atoms with Crippen molar-refractivity contribution in [2.45, 2.75) is 96.2 Å². The summed E-state index contributed by atoms with van der Waals surface area (Å²) in [6, 6.07) is 7.78. The van der Waals surface area contributed by atoms with E-state index in [1.54, 1.807) is 18.2 Å². The molecule has 4 atom stereocenters. The highest BCUT2D eigenvalue weighted by molar-refractivity contribution is 7.86. The van der Waals surface area contributed by atoms with Crippen LogP contribution < -0.4 is 9.47 Å². The number of aliphatic hydroxyl groups is 2. The molecule has 0 radical (unpaired) electrons. The molecule has 0 amide bonds. The van der Waals surface area contributed by atoms with Crippen molar-refractivity contribution in [2.75, 3.05) is 39.6 Å². The van der Waals surface area contributed by atoms with Crippen molar-refractivity contribution in [1.29, 1.82) is 0 Å². The van der Waals surface area contributed by atoms with E-state index in [-0.39, 0.29) is 32.2 Å². The zero-order valence-corrected chi connectivity index (χ0v) is 26.6. The van der Waals surface area contributed by atoms with Crippen molar-refractivity contribution < 1.29 is 42.1 Å². The summed E-state index contributed by atoms with van der Waals surface area (Å²) < 4.78 is 57.3. The quantitative estimate of drug-likeness (QED) is 0.129. The Morgan fingerprint density at radius 2 is 1.24 bits per heavy atom. The van der Waals surface area contributed by atoms with Gasteiger partial charge in [0, 0.05) is 24.0 Å². The second-order valence-corrected chi connectivity index (χ2v) is 12.4. The molecule has 4 unspecified atom stereocenters. The Hall–Kier alpha value is -1.95. The Morgan fingerprint density at radius 3 is 1.74 bits per heavy atom. The minimum Gasteiger partial charge on any atom is -0.490 e. The standard InChI is InChI=1S/C32H52O9S/c1-5-9-12-24(7-3)18-38-20-26(33)22-40-30-15-11-14-29-28(30)16-17-31(42(35,36)37)32(29)41-23-27(34)21-39-19-25(8-4)13-10-6-2/h11,14-17,24-27,33-34H,5-10,12-13,18-23H2,1-4H3,(H,35,36,37). The van der Waals surface area contributed by atoms with Crippen LogP contribution >= 0.6 is 0 Å². The molecule has 0 aliphatic carbocycles. The molecule has 10 heteroatoms. The van der Waals surface area contributed by atoms with Gasteiger partial charge >= 0.3 is 0 Å². The van der Waals surface area contributed by atoms with Crippen molar-refractivity contribution in [1.82, 2.24) is 0 Å². The molecular weight excluding hydrogens is 560 g/mol. The van der Waals surface area contributed by atoms with Gasteiger partial charge < -0.3 is 29.2 Å².